The topological polar surface area (TPSA) is 89.8 Å². The van der Waals surface area contributed by atoms with Crippen LogP contribution < -0.4 is 5.32 Å². The van der Waals surface area contributed by atoms with E-state index in [4.69, 9.17) is 10.2 Å². The van der Waals surface area contributed by atoms with Crippen molar-refractivity contribution in [3.8, 4) is 5.75 Å². The Bertz CT molecular complexity index is 379. The summed E-state index contributed by atoms with van der Waals surface area (Å²) < 4.78 is 0.810. The van der Waals surface area contributed by atoms with Crippen LogP contribution in [0.4, 0.5) is 0 Å². The highest BCUT2D eigenvalue weighted by Gasteiger charge is 2.15. The maximum atomic E-state index is 11.6. The lowest BCUT2D eigenvalue weighted by Gasteiger charge is -2.13. The first-order chi connectivity index (χ1) is 7.58. The smallest absolute Gasteiger partial charge is 0.255 e. The molecule has 0 aromatic heterocycles. The van der Waals surface area contributed by atoms with E-state index >= 15 is 0 Å². The molecule has 1 aromatic carbocycles. The Kier molecular flexibility index (Phi) is 4.97. The maximum Gasteiger partial charge on any atom is 0.255 e. The van der Waals surface area contributed by atoms with Crippen molar-refractivity contribution in [2.24, 2.45) is 0 Å². The molecule has 5 nitrogen and oxygen atoms in total. The molecule has 4 N–H and O–H groups in total. The van der Waals surface area contributed by atoms with E-state index in [9.17, 15) is 9.90 Å². The van der Waals surface area contributed by atoms with E-state index in [1.165, 1.54) is 12.1 Å². The largest absolute Gasteiger partial charge is 0.507 e. The number of phenolic OH excluding ortho intramolecular Hbond substituents is 1. The molecular weight excluding hydrogens is 325 g/mol. The van der Waals surface area contributed by atoms with Crippen LogP contribution >= 0.6 is 22.6 Å². The number of aromatic hydroxyl groups is 1. The number of benzene rings is 1. The van der Waals surface area contributed by atoms with E-state index in [1.54, 1.807) is 6.07 Å². The molecule has 0 aliphatic rings. The van der Waals surface area contributed by atoms with Gasteiger partial charge in [0.05, 0.1) is 24.8 Å². The molecular formula is C10H12INO4. The maximum absolute atomic E-state index is 11.6. The predicted octanol–water partition coefficient (Wildman–Crippen LogP) is 0.0798. The third kappa shape index (κ3) is 3.32. The molecule has 0 unspecified atom stereocenters. The number of nitrogens with one attached hydrogen (secondary N) is 1. The molecule has 0 fully saturated rings. The number of amides is 1. The number of hydrogen-bond acceptors (Lipinski definition) is 4. The molecule has 0 atom stereocenters. The zero-order chi connectivity index (χ0) is 12.1. The Balaban J connectivity index is 2.83. The van der Waals surface area contributed by atoms with Gasteiger partial charge in [0.2, 0.25) is 0 Å². The van der Waals surface area contributed by atoms with Crippen LogP contribution in [0.5, 0.6) is 5.75 Å². The standard InChI is InChI=1S/C10H12INO4/c11-6-1-2-9(15)8(3-6)10(16)12-7(4-13)5-14/h1-3,7,13-15H,4-5H2,(H,12,16). The quantitative estimate of drug-likeness (QED) is 0.586. The summed E-state index contributed by atoms with van der Waals surface area (Å²) in [5.41, 5.74) is 0.124. The second kappa shape index (κ2) is 6.02. The van der Waals surface area contributed by atoms with E-state index in [0.29, 0.717) is 0 Å². The Hall–Kier alpha value is -0.860. The van der Waals surface area contributed by atoms with Gasteiger partial charge >= 0.3 is 0 Å². The average molecular weight is 337 g/mol. The first-order valence-electron chi connectivity index (χ1n) is 4.59. The van der Waals surface area contributed by atoms with Gasteiger partial charge in [0.1, 0.15) is 5.75 Å². The normalized spacial score (nSPS) is 10.5. The highest BCUT2D eigenvalue weighted by molar-refractivity contribution is 14.1. The molecule has 0 saturated heterocycles. The summed E-state index contributed by atoms with van der Waals surface area (Å²) in [5, 5.41) is 29.5. The molecule has 16 heavy (non-hydrogen) atoms. The number of carbonyl (C=O) groups is 1. The Labute approximate surface area is 106 Å². The highest BCUT2D eigenvalue weighted by atomic mass is 127. The monoisotopic (exact) mass is 337 g/mol. The Morgan fingerprint density at radius 3 is 2.56 bits per heavy atom. The summed E-state index contributed by atoms with van der Waals surface area (Å²) in [4.78, 5) is 11.6. The second-order valence-electron chi connectivity index (χ2n) is 3.20. The minimum absolute atomic E-state index is 0.124. The highest BCUT2D eigenvalue weighted by Crippen LogP contribution is 2.19. The van der Waals surface area contributed by atoms with Crippen molar-refractivity contribution in [2.75, 3.05) is 13.2 Å². The van der Waals surface area contributed by atoms with E-state index in [1.807, 2.05) is 22.6 Å². The summed E-state index contributed by atoms with van der Waals surface area (Å²) in [7, 11) is 0. The molecule has 0 bridgehead atoms. The fraction of sp³-hybridized carbons (Fsp3) is 0.300. The van der Waals surface area contributed by atoms with Crippen molar-refractivity contribution in [1.82, 2.24) is 5.32 Å². The van der Waals surface area contributed by atoms with Gasteiger partial charge < -0.3 is 20.6 Å². The number of phenols is 1. The molecule has 0 radical (unpaired) electrons. The molecule has 6 heteroatoms. The predicted molar refractivity (Wildman–Crippen MR) is 66.2 cm³/mol. The number of halogens is 1. The zero-order valence-corrected chi connectivity index (χ0v) is 10.5. The van der Waals surface area contributed by atoms with Crippen LogP contribution in [0.15, 0.2) is 18.2 Å². The average Bonchev–Trinajstić information content (AvgIpc) is 2.28. The summed E-state index contributed by atoms with van der Waals surface area (Å²) in [6.07, 6.45) is 0. The number of carbonyl (C=O) groups excluding carboxylic acids is 1. The second-order valence-corrected chi connectivity index (χ2v) is 4.44. The molecule has 1 rings (SSSR count). The van der Waals surface area contributed by atoms with E-state index in [2.05, 4.69) is 5.32 Å². The van der Waals surface area contributed by atoms with Crippen LogP contribution in [0.2, 0.25) is 0 Å². The lowest BCUT2D eigenvalue weighted by Crippen LogP contribution is -2.40. The molecule has 0 heterocycles. The molecule has 0 aliphatic heterocycles. The van der Waals surface area contributed by atoms with Crippen LogP contribution in [-0.4, -0.2) is 40.5 Å². The molecule has 0 spiro atoms. The first kappa shape index (κ1) is 13.2. The Morgan fingerprint density at radius 2 is 2.00 bits per heavy atom. The van der Waals surface area contributed by atoms with Crippen LogP contribution in [0, 0.1) is 3.57 Å². The van der Waals surface area contributed by atoms with Gasteiger partial charge in [-0.15, -0.1) is 0 Å². The first-order valence-corrected chi connectivity index (χ1v) is 5.67. The van der Waals surface area contributed by atoms with Crippen molar-refractivity contribution in [2.45, 2.75) is 6.04 Å². The van der Waals surface area contributed by atoms with Crippen molar-refractivity contribution in [3.63, 3.8) is 0 Å². The third-order valence-electron chi connectivity index (χ3n) is 1.98. The lowest BCUT2D eigenvalue weighted by atomic mass is 10.2. The van der Waals surface area contributed by atoms with Gasteiger partial charge in [-0.3, -0.25) is 4.79 Å². The van der Waals surface area contributed by atoms with Crippen LogP contribution in [0.1, 0.15) is 10.4 Å². The zero-order valence-electron chi connectivity index (χ0n) is 8.35. The Morgan fingerprint density at radius 1 is 1.38 bits per heavy atom. The number of aliphatic hydroxyl groups excluding tert-OH is 2. The minimum Gasteiger partial charge on any atom is -0.507 e. The van der Waals surface area contributed by atoms with Gasteiger partial charge in [0.15, 0.2) is 0 Å². The molecule has 0 saturated carbocycles. The lowest BCUT2D eigenvalue weighted by molar-refractivity contribution is 0.0876. The van der Waals surface area contributed by atoms with Crippen LogP contribution in [0.25, 0.3) is 0 Å². The van der Waals surface area contributed by atoms with E-state index in [-0.39, 0.29) is 24.5 Å². The summed E-state index contributed by atoms with van der Waals surface area (Å²) in [6, 6.07) is 3.90. The van der Waals surface area contributed by atoms with Gasteiger partial charge in [0, 0.05) is 3.57 Å². The van der Waals surface area contributed by atoms with Gasteiger partial charge in [-0.2, -0.15) is 0 Å². The SMILES string of the molecule is O=C(NC(CO)CO)c1cc(I)ccc1O. The summed E-state index contributed by atoms with van der Waals surface area (Å²) in [6.45, 7) is -0.708. The molecule has 1 amide bonds. The fourth-order valence-electron chi connectivity index (χ4n) is 1.10. The minimum atomic E-state index is -0.718. The van der Waals surface area contributed by atoms with Crippen molar-refractivity contribution in [1.29, 1.82) is 0 Å². The van der Waals surface area contributed by atoms with E-state index in [0.717, 1.165) is 3.57 Å². The molecule has 0 aliphatic carbocycles. The number of aliphatic hydroxyl groups is 2. The van der Waals surface area contributed by atoms with Gasteiger partial charge in [-0.05, 0) is 40.8 Å². The van der Waals surface area contributed by atoms with Crippen LogP contribution in [0.3, 0.4) is 0 Å². The molecule has 1 aromatic rings. The summed E-state index contributed by atoms with van der Waals surface area (Å²) in [5.74, 6) is -0.656. The van der Waals surface area contributed by atoms with Gasteiger partial charge in [0.25, 0.3) is 5.91 Å². The van der Waals surface area contributed by atoms with Crippen molar-refractivity contribution >= 4 is 28.5 Å². The van der Waals surface area contributed by atoms with E-state index < -0.39 is 11.9 Å². The van der Waals surface area contributed by atoms with Gasteiger partial charge in [-0.25, -0.2) is 0 Å². The summed E-state index contributed by atoms with van der Waals surface area (Å²) >= 11 is 2.02. The fourth-order valence-corrected chi connectivity index (χ4v) is 1.59. The third-order valence-corrected chi connectivity index (χ3v) is 2.65. The van der Waals surface area contributed by atoms with Crippen LogP contribution in [-0.2, 0) is 0 Å². The van der Waals surface area contributed by atoms with Gasteiger partial charge in [-0.1, -0.05) is 0 Å². The number of rotatable bonds is 4. The molecule has 88 valence electrons. The van der Waals surface area contributed by atoms with Crippen molar-refractivity contribution in [3.05, 3.63) is 27.3 Å². The number of hydrogen-bond donors (Lipinski definition) is 4. The van der Waals surface area contributed by atoms with Crippen molar-refractivity contribution < 1.29 is 20.1 Å².